The number of benzene rings is 3. The first-order valence-electron chi connectivity index (χ1n) is 11.1. The first kappa shape index (κ1) is 24.1. The minimum Gasteiger partial charge on any atom is -0.467 e. The van der Waals surface area contributed by atoms with E-state index in [1.54, 1.807) is 30.3 Å². The van der Waals surface area contributed by atoms with Crippen molar-refractivity contribution < 1.29 is 27.9 Å². The van der Waals surface area contributed by atoms with E-state index in [0.717, 1.165) is 28.8 Å². The summed E-state index contributed by atoms with van der Waals surface area (Å²) in [5, 5.41) is 2.49. The van der Waals surface area contributed by atoms with Gasteiger partial charge in [-0.2, -0.15) is 0 Å². The van der Waals surface area contributed by atoms with Crippen molar-refractivity contribution in [2.45, 2.75) is 26.4 Å². The maximum absolute atomic E-state index is 13.9. The van der Waals surface area contributed by atoms with Crippen molar-refractivity contribution >= 4 is 23.5 Å². The van der Waals surface area contributed by atoms with Crippen LogP contribution in [0.15, 0.2) is 60.7 Å². The standard InChI is InChI=1S/C27H24F2N2O4/c1-15(2)24(27(34)35-3)31-14-18-8-7-17(13-20(18)26(31)33)16-9-11-19(12-10-16)30-25(32)23-21(28)5-4-6-22(23)29/h4-13,15,24H,14H2,1-3H3,(H,30,32)/t24-/m0/s1. The Morgan fingerprint density at radius 3 is 2.20 bits per heavy atom. The molecule has 180 valence electrons. The zero-order chi connectivity index (χ0) is 25.3. The lowest BCUT2D eigenvalue weighted by Crippen LogP contribution is -2.45. The summed E-state index contributed by atoms with van der Waals surface area (Å²) in [7, 11) is 1.31. The molecule has 35 heavy (non-hydrogen) atoms. The number of esters is 1. The summed E-state index contributed by atoms with van der Waals surface area (Å²) in [6.45, 7) is 4.05. The second kappa shape index (κ2) is 9.66. The van der Waals surface area contributed by atoms with Gasteiger partial charge >= 0.3 is 5.97 Å². The van der Waals surface area contributed by atoms with Crippen molar-refractivity contribution in [1.29, 1.82) is 0 Å². The molecule has 1 heterocycles. The Labute approximate surface area is 201 Å². The molecule has 8 heteroatoms. The van der Waals surface area contributed by atoms with Gasteiger partial charge in [-0.15, -0.1) is 0 Å². The first-order valence-corrected chi connectivity index (χ1v) is 11.1. The van der Waals surface area contributed by atoms with E-state index >= 15 is 0 Å². The van der Waals surface area contributed by atoms with Gasteiger partial charge in [0.1, 0.15) is 23.2 Å². The van der Waals surface area contributed by atoms with E-state index in [9.17, 15) is 23.2 Å². The highest BCUT2D eigenvalue weighted by Gasteiger charge is 2.38. The van der Waals surface area contributed by atoms with Crippen LogP contribution in [0.4, 0.5) is 14.5 Å². The maximum atomic E-state index is 13.9. The van der Waals surface area contributed by atoms with Crippen LogP contribution in [0.5, 0.6) is 0 Å². The third-order valence-corrected chi connectivity index (χ3v) is 6.02. The number of nitrogens with zero attached hydrogens (tertiary/aromatic N) is 1. The molecule has 0 aromatic heterocycles. The van der Waals surface area contributed by atoms with Crippen molar-refractivity contribution in [1.82, 2.24) is 4.90 Å². The van der Waals surface area contributed by atoms with Gasteiger partial charge in [0.2, 0.25) is 0 Å². The number of methoxy groups -OCH3 is 1. The van der Waals surface area contributed by atoms with Crippen LogP contribution in [-0.2, 0) is 16.1 Å². The SMILES string of the molecule is COC(=O)[C@H](C(C)C)N1Cc2ccc(-c3ccc(NC(=O)c4c(F)cccc4F)cc3)cc2C1=O. The highest BCUT2D eigenvalue weighted by atomic mass is 19.1. The lowest BCUT2D eigenvalue weighted by molar-refractivity contribution is -0.147. The molecule has 0 spiro atoms. The average Bonchev–Trinajstić information content (AvgIpc) is 3.14. The average molecular weight is 478 g/mol. The van der Waals surface area contributed by atoms with Crippen molar-refractivity contribution in [3.8, 4) is 11.1 Å². The van der Waals surface area contributed by atoms with Crippen LogP contribution < -0.4 is 5.32 Å². The number of hydrogen-bond acceptors (Lipinski definition) is 4. The zero-order valence-electron chi connectivity index (χ0n) is 19.5. The maximum Gasteiger partial charge on any atom is 0.328 e. The van der Waals surface area contributed by atoms with Gasteiger partial charge in [0.15, 0.2) is 0 Å². The Morgan fingerprint density at radius 2 is 1.60 bits per heavy atom. The normalized spacial score (nSPS) is 13.5. The quantitative estimate of drug-likeness (QED) is 0.504. The van der Waals surface area contributed by atoms with E-state index in [4.69, 9.17) is 4.74 Å². The predicted molar refractivity (Wildman–Crippen MR) is 127 cm³/mol. The molecule has 4 rings (SSSR count). The second-order valence-corrected chi connectivity index (χ2v) is 8.65. The van der Waals surface area contributed by atoms with Crippen LogP contribution in [0, 0.1) is 17.6 Å². The molecule has 0 bridgehead atoms. The third-order valence-electron chi connectivity index (χ3n) is 6.02. The van der Waals surface area contributed by atoms with E-state index in [2.05, 4.69) is 5.32 Å². The van der Waals surface area contributed by atoms with E-state index < -0.39 is 35.1 Å². The van der Waals surface area contributed by atoms with Gasteiger partial charge in [-0.3, -0.25) is 9.59 Å². The van der Waals surface area contributed by atoms with Gasteiger partial charge < -0.3 is 15.0 Å². The molecule has 1 atom stereocenters. The first-order chi connectivity index (χ1) is 16.7. The van der Waals surface area contributed by atoms with Gasteiger partial charge in [-0.05, 0) is 52.9 Å². The Balaban J connectivity index is 1.53. The summed E-state index contributed by atoms with van der Waals surface area (Å²) in [6.07, 6.45) is 0. The van der Waals surface area contributed by atoms with Crippen LogP contribution in [0.25, 0.3) is 11.1 Å². The predicted octanol–water partition coefficient (Wildman–Crippen LogP) is 5.04. The lowest BCUT2D eigenvalue weighted by atomic mass is 10.00. The van der Waals surface area contributed by atoms with Gasteiger partial charge in [0.25, 0.3) is 11.8 Å². The van der Waals surface area contributed by atoms with E-state index in [0.29, 0.717) is 17.8 Å². The summed E-state index contributed by atoms with van der Waals surface area (Å²) in [6, 6.07) is 14.7. The number of fused-ring (bicyclic) bond motifs is 1. The number of anilines is 1. The number of carbonyl (C=O) groups is 3. The molecule has 0 fully saturated rings. The molecule has 3 aromatic rings. The minimum atomic E-state index is -0.942. The van der Waals surface area contributed by atoms with Crippen molar-refractivity contribution in [2.75, 3.05) is 12.4 Å². The van der Waals surface area contributed by atoms with E-state index in [-0.39, 0.29) is 11.8 Å². The summed E-state index contributed by atoms with van der Waals surface area (Å²) in [5.74, 6) is -3.57. The fraction of sp³-hybridized carbons (Fsp3) is 0.222. The second-order valence-electron chi connectivity index (χ2n) is 8.65. The molecular weight excluding hydrogens is 454 g/mol. The number of nitrogens with one attached hydrogen (secondary N) is 1. The summed E-state index contributed by atoms with van der Waals surface area (Å²) in [4.78, 5) is 39.2. The fourth-order valence-electron chi connectivity index (χ4n) is 4.26. The van der Waals surface area contributed by atoms with Gasteiger partial charge in [-0.25, -0.2) is 13.6 Å². The topological polar surface area (TPSA) is 75.7 Å². The molecule has 1 aliphatic heterocycles. The molecule has 0 saturated heterocycles. The summed E-state index contributed by atoms with van der Waals surface area (Å²) in [5.41, 5.74) is 2.61. The van der Waals surface area contributed by atoms with Crippen LogP contribution in [0.1, 0.15) is 40.1 Å². The molecule has 0 unspecified atom stereocenters. The largest absolute Gasteiger partial charge is 0.467 e. The van der Waals surface area contributed by atoms with Crippen LogP contribution in [0.2, 0.25) is 0 Å². The Bertz CT molecular complexity index is 1280. The molecular formula is C27H24F2N2O4. The summed E-state index contributed by atoms with van der Waals surface area (Å²) < 4.78 is 32.6. The van der Waals surface area contributed by atoms with Crippen LogP contribution >= 0.6 is 0 Å². The smallest absolute Gasteiger partial charge is 0.328 e. The number of amides is 2. The number of ether oxygens (including phenoxy) is 1. The molecule has 0 radical (unpaired) electrons. The van der Waals surface area contributed by atoms with Gasteiger partial charge in [-0.1, -0.05) is 44.2 Å². The van der Waals surface area contributed by atoms with Crippen molar-refractivity contribution in [2.24, 2.45) is 5.92 Å². The Morgan fingerprint density at radius 1 is 0.971 bits per heavy atom. The van der Waals surface area contributed by atoms with Gasteiger partial charge in [0.05, 0.1) is 7.11 Å². The fourth-order valence-corrected chi connectivity index (χ4v) is 4.26. The monoisotopic (exact) mass is 478 g/mol. The van der Waals surface area contributed by atoms with Crippen molar-refractivity contribution in [3.05, 3.63) is 89.0 Å². The Hall–Kier alpha value is -4.07. The highest BCUT2D eigenvalue weighted by Crippen LogP contribution is 2.32. The highest BCUT2D eigenvalue weighted by molar-refractivity contribution is 6.05. The zero-order valence-corrected chi connectivity index (χ0v) is 19.5. The van der Waals surface area contributed by atoms with Crippen molar-refractivity contribution in [3.63, 3.8) is 0 Å². The number of hydrogen-bond donors (Lipinski definition) is 1. The number of rotatable bonds is 6. The lowest BCUT2D eigenvalue weighted by Gasteiger charge is -2.28. The van der Waals surface area contributed by atoms with Crippen LogP contribution in [-0.4, -0.2) is 35.8 Å². The molecule has 6 nitrogen and oxygen atoms in total. The Kier molecular flexibility index (Phi) is 6.64. The van der Waals surface area contributed by atoms with Gasteiger partial charge in [0, 0.05) is 17.8 Å². The van der Waals surface area contributed by atoms with E-state index in [1.165, 1.54) is 18.1 Å². The molecule has 1 aliphatic rings. The molecule has 0 aliphatic carbocycles. The number of carbonyl (C=O) groups excluding carboxylic acids is 3. The molecule has 3 aromatic carbocycles. The molecule has 0 saturated carbocycles. The summed E-state index contributed by atoms with van der Waals surface area (Å²) >= 11 is 0. The molecule has 1 N–H and O–H groups in total. The van der Waals surface area contributed by atoms with E-state index in [1.807, 2.05) is 26.0 Å². The molecule has 2 amide bonds. The number of halogens is 2. The minimum absolute atomic E-state index is 0.110. The van der Waals surface area contributed by atoms with Crippen LogP contribution in [0.3, 0.4) is 0 Å². The third kappa shape index (κ3) is 4.64.